The van der Waals surface area contributed by atoms with E-state index in [0.717, 1.165) is 17.5 Å². The Morgan fingerprint density at radius 1 is 0.852 bits per heavy atom. The van der Waals surface area contributed by atoms with Crippen LogP contribution in [0.25, 0.3) is 0 Å². The van der Waals surface area contributed by atoms with Gasteiger partial charge in [-0.2, -0.15) is 0 Å². The van der Waals surface area contributed by atoms with Crippen molar-refractivity contribution in [1.82, 2.24) is 0 Å². The Labute approximate surface area is 159 Å². The summed E-state index contributed by atoms with van der Waals surface area (Å²) in [6.45, 7) is 4.13. The predicted molar refractivity (Wildman–Crippen MR) is 106 cm³/mol. The average Bonchev–Trinajstić information content (AvgIpc) is 3.42. The summed E-state index contributed by atoms with van der Waals surface area (Å²) in [5.74, 6) is -0.483. The predicted octanol–water partition coefficient (Wildman–Crippen LogP) is 5.39. The second-order valence-electron chi connectivity index (χ2n) is 7.46. The molecule has 0 saturated heterocycles. The lowest BCUT2D eigenvalue weighted by atomic mass is 9.85. The van der Waals surface area contributed by atoms with E-state index in [9.17, 15) is 9.18 Å². The summed E-state index contributed by atoms with van der Waals surface area (Å²) in [6.07, 6.45) is 0.770. The quantitative estimate of drug-likeness (QED) is 0.665. The molecule has 1 fully saturated rings. The van der Waals surface area contributed by atoms with Gasteiger partial charge < -0.3 is 5.32 Å². The van der Waals surface area contributed by atoms with E-state index in [2.05, 4.69) is 67.7 Å². The van der Waals surface area contributed by atoms with Gasteiger partial charge in [0.25, 0.3) is 0 Å². The number of hydrogen-bond donors (Lipinski definition) is 1. The number of benzene rings is 3. The molecule has 1 amide bonds. The molecule has 4 rings (SSSR count). The van der Waals surface area contributed by atoms with Crippen LogP contribution < -0.4 is 5.32 Å². The van der Waals surface area contributed by atoms with Crippen molar-refractivity contribution in [3.05, 3.63) is 101 Å². The number of amides is 1. The Bertz CT molecular complexity index is 913. The highest BCUT2D eigenvalue weighted by Gasteiger charge is 2.60. The maximum absolute atomic E-state index is 13.1. The van der Waals surface area contributed by atoms with Gasteiger partial charge in [0, 0.05) is 11.1 Å². The molecule has 0 heterocycles. The van der Waals surface area contributed by atoms with Crippen LogP contribution >= 0.6 is 0 Å². The molecule has 2 nitrogen and oxygen atoms in total. The van der Waals surface area contributed by atoms with Crippen LogP contribution in [0.5, 0.6) is 0 Å². The topological polar surface area (TPSA) is 29.1 Å². The van der Waals surface area contributed by atoms with E-state index in [1.54, 1.807) is 12.1 Å². The van der Waals surface area contributed by atoms with Gasteiger partial charge in [0.05, 0.1) is 5.92 Å². The number of hydrogen-bond acceptors (Lipinski definition) is 1. The van der Waals surface area contributed by atoms with Gasteiger partial charge in [0.15, 0.2) is 0 Å². The smallest absolute Gasteiger partial charge is 0.228 e. The fourth-order valence-corrected chi connectivity index (χ4v) is 3.85. The van der Waals surface area contributed by atoms with Crippen LogP contribution in [0.1, 0.15) is 28.7 Å². The maximum Gasteiger partial charge on any atom is 0.228 e. The highest BCUT2D eigenvalue weighted by molar-refractivity contribution is 5.97. The molecule has 3 aromatic rings. The Morgan fingerprint density at radius 2 is 1.33 bits per heavy atom. The van der Waals surface area contributed by atoms with Crippen molar-refractivity contribution in [2.45, 2.75) is 25.7 Å². The van der Waals surface area contributed by atoms with Gasteiger partial charge in [-0.15, -0.1) is 0 Å². The maximum atomic E-state index is 13.1. The zero-order chi connectivity index (χ0) is 19.0. The van der Waals surface area contributed by atoms with Crippen LogP contribution in [-0.4, -0.2) is 5.91 Å². The molecular formula is C24H22FNO. The van der Waals surface area contributed by atoms with Crippen molar-refractivity contribution in [2.75, 3.05) is 5.32 Å². The molecule has 0 radical (unpaired) electrons. The SMILES string of the molecule is Cc1ccc(C2(c3ccc(C)cc3)CC2C(=O)Nc2ccc(F)cc2)cc1. The number of halogens is 1. The molecule has 27 heavy (non-hydrogen) atoms. The van der Waals surface area contributed by atoms with E-state index < -0.39 is 0 Å². The monoisotopic (exact) mass is 359 g/mol. The minimum atomic E-state index is -0.312. The lowest BCUT2D eigenvalue weighted by molar-refractivity contribution is -0.117. The van der Waals surface area contributed by atoms with Crippen LogP contribution in [-0.2, 0) is 10.2 Å². The van der Waals surface area contributed by atoms with Gasteiger partial charge in [-0.3, -0.25) is 4.79 Å². The normalized spacial score (nSPS) is 17.4. The first-order chi connectivity index (χ1) is 13.0. The van der Waals surface area contributed by atoms with E-state index in [1.807, 2.05) is 0 Å². The second kappa shape index (κ2) is 6.66. The van der Waals surface area contributed by atoms with Crippen molar-refractivity contribution in [1.29, 1.82) is 0 Å². The zero-order valence-corrected chi connectivity index (χ0v) is 15.5. The summed E-state index contributed by atoms with van der Waals surface area (Å²) in [5.41, 5.74) is 5.05. The van der Waals surface area contributed by atoms with Crippen molar-refractivity contribution < 1.29 is 9.18 Å². The third-order valence-corrected chi connectivity index (χ3v) is 5.52. The zero-order valence-electron chi connectivity index (χ0n) is 15.5. The number of rotatable bonds is 4. The van der Waals surface area contributed by atoms with E-state index in [0.29, 0.717) is 5.69 Å². The first-order valence-electron chi connectivity index (χ1n) is 9.20. The van der Waals surface area contributed by atoms with Crippen molar-refractivity contribution in [3.8, 4) is 0 Å². The van der Waals surface area contributed by atoms with E-state index in [1.165, 1.54) is 23.3 Å². The highest BCUT2D eigenvalue weighted by Crippen LogP contribution is 2.59. The minimum Gasteiger partial charge on any atom is -0.326 e. The fourth-order valence-electron chi connectivity index (χ4n) is 3.85. The van der Waals surface area contributed by atoms with Crippen LogP contribution in [0, 0.1) is 25.6 Å². The Morgan fingerprint density at radius 3 is 1.81 bits per heavy atom. The number of anilines is 1. The summed E-state index contributed by atoms with van der Waals surface area (Å²) in [6, 6.07) is 22.8. The third kappa shape index (κ3) is 3.25. The first kappa shape index (κ1) is 17.5. The molecule has 1 unspecified atom stereocenters. The average molecular weight is 359 g/mol. The van der Waals surface area contributed by atoms with Gasteiger partial charge in [-0.05, 0) is 55.7 Å². The van der Waals surface area contributed by atoms with Crippen molar-refractivity contribution >= 4 is 11.6 Å². The number of nitrogens with one attached hydrogen (secondary N) is 1. The van der Waals surface area contributed by atoms with Gasteiger partial charge in [0.1, 0.15) is 5.82 Å². The Hall–Kier alpha value is -2.94. The second-order valence-corrected chi connectivity index (χ2v) is 7.46. The third-order valence-electron chi connectivity index (χ3n) is 5.52. The molecular weight excluding hydrogens is 337 g/mol. The van der Waals surface area contributed by atoms with Crippen LogP contribution in [0.2, 0.25) is 0 Å². The molecule has 1 aliphatic rings. The number of carbonyl (C=O) groups is 1. The minimum absolute atomic E-state index is 0.0252. The molecule has 136 valence electrons. The van der Waals surface area contributed by atoms with Gasteiger partial charge in [0.2, 0.25) is 5.91 Å². The molecule has 0 aromatic heterocycles. The van der Waals surface area contributed by atoms with Crippen molar-refractivity contribution in [2.24, 2.45) is 5.92 Å². The molecule has 3 aromatic carbocycles. The molecule has 1 atom stereocenters. The summed E-state index contributed by atoms with van der Waals surface area (Å²) in [7, 11) is 0. The van der Waals surface area contributed by atoms with E-state index in [4.69, 9.17) is 0 Å². The summed E-state index contributed by atoms with van der Waals surface area (Å²) >= 11 is 0. The number of carbonyl (C=O) groups excluding carboxylic acids is 1. The largest absolute Gasteiger partial charge is 0.326 e. The highest BCUT2D eigenvalue weighted by atomic mass is 19.1. The summed E-state index contributed by atoms with van der Waals surface area (Å²) in [4.78, 5) is 13.0. The van der Waals surface area contributed by atoms with Gasteiger partial charge in [-0.1, -0.05) is 59.7 Å². The van der Waals surface area contributed by atoms with Crippen LogP contribution in [0.4, 0.5) is 10.1 Å². The lowest BCUT2D eigenvalue weighted by Crippen LogP contribution is -2.22. The summed E-state index contributed by atoms with van der Waals surface area (Å²) in [5, 5.41) is 2.94. The Kier molecular flexibility index (Phi) is 4.31. The summed E-state index contributed by atoms with van der Waals surface area (Å²) < 4.78 is 13.1. The van der Waals surface area contributed by atoms with E-state index >= 15 is 0 Å². The molecule has 1 saturated carbocycles. The number of aryl methyl sites for hydroxylation is 2. The molecule has 1 aliphatic carbocycles. The lowest BCUT2D eigenvalue weighted by Gasteiger charge is -2.19. The molecule has 1 N–H and O–H groups in total. The van der Waals surface area contributed by atoms with Gasteiger partial charge in [-0.25, -0.2) is 4.39 Å². The Balaban J connectivity index is 1.66. The fraction of sp³-hybridized carbons (Fsp3) is 0.208. The standard InChI is InChI=1S/C24H22FNO/c1-16-3-7-18(8-4-16)24(19-9-5-17(2)6-10-19)15-22(24)23(27)26-21-13-11-20(25)12-14-21/h3-14,22H,15H2,1-2H3,(H,26,27). The van der Waals surface area contributed by atoms with Crippen molar-refractivity contribution in [3.63, 3.8) is 0 Å². The van der Waals surface area contributed by atoms with Crippen LogP contribution in [0.3, 0.4) is 0 Å². The molecule has 0 bridgehead atoms. The van der Waals surface area contributed by atoms with E-state index in [-0.39, 0.29) is 23.1 Å². The van der Waals surface area contributed by atoms with Gasteiger partial charge >= 0.3 is 0 Å². The molecule has 0 aliphatic heterocycles. The molecule has 3 heteroatoms. The molecule has 0 spiro atoms. The first-order valence-corrected chi connectivity index (χ1v) is 9.20. The van der Waals surface area contributed by atoms with Crippen LogP contribution in [0.15, 0.2) is 72.8 Å².